The second kappa shape index (κ2) is 46.3. The first-order valence-corrected chi connectivity index (χ1v) is 25.3. The normalized spacial score (nSPS) is 13.9. The molecule has 0 aromatic carbocycles. The van der Waals surface area contributed by atoms with Crippen LogP contribution in [0.4, 0.5) is 0 Å². The summed E-state index contributed by atoms with van der Waals surface area (Å²) in [6, 6.07) is 0. The lowest BCUT2D eigenvalue weighted by Gasteiger charge is -2.20. The van der Waals surface area contributed by atoms with Crippen LogP contribution in [0, 0.1) is 0 Å². The lowest BCUT2D eigenvalue weighted by atomic mass is 10.0. The van der Waals surface area contributed by atoms with Gasteiger partial charge >= 0.3 is 13.8 Å². The quantitative estimate of drug-likeness (QED) is 0.0269. The number of allylic oxidation sites excluding steroid dienone is 10. The number of phosphoric acid groups is 1. The molecule has 0 aliphatic heterocycles. The van der Waals surface area contributed by atoms with Crippen LogP contribution >= 0.6 is 7.82 Å². The Kier molecular flexibility index (Phi) is 44.8. The number of hydrogen-bond donors (Lipinski definition) is 2. The average Bonchev–Trinajstić information content (AvgIpc) is 3.21. The summed E-state index contributed by atoms with van der Waals surface area (Å²) < 4.78 is 33.5. The number of hydrogen-bond acceptors (Lipinski definition) is 7. The summed E-state index contributed by atoms with van der Waals surface area (Å²) in [6.45, 7) is 4.80. The summed E-state index contributed by atoms with van der Waals surface area (Å²) in [7, 11) is -4.28. The van der Waals surface area contributed by atoms with Crippen LogP contribution in [0.3, 0.4) is 0 Å². The van der Waals surface area contributed by atoms with Gasteiger partial charge in [-0.15, -0.1) is 0 Å². The third kappa shape index (κ3) is 45.3. The highest BCUT2D eigenvalue weighted by atomic mass is 31.2. The Morgan fingerprint density at radius 1 is 0.534 bits per heavy atom. The minimum atomic E-state index is -4.28. The van der Waals surface area contributed by atoms with Crippen LogP contribution in [0.1, 0.15) is 206 Å². The molecule has 2 unspecified atom stereocenters. The van der Waals surface area contributed by atoms with Crippen molar-refractivity contribution < 1.29 is 32.8 Å². The van der Waals surface area contributed by atoms with Gasteiger partial charge in [0.25, 0.3) is 0 Å². The number of esters is 1. The van der Waals surface area contributed by atoms with Crippen LogP contribution < -0.4 is 5.73 Å². The second-order valence-corrected chi connectivity index (χ2v) is 17.1. The van der Waals surface area contributed by atoms with Gasteiger partial charge in [0.1, 0.15) is 6.10 Å². The molecule has 3 N–H and O–H groups in total. The van der Waals surface area contributed by atoms with Gasteiger partial charge in [0.05, 0.1) is 19.8 Å². The van der Waals surface area contributed by atoms with E-state index in [2.05, 4.69) is 74.6 Å². The topological polar surface area (TPSA) is 117 Å². The maximum absolute atomic E-state index is 12.6. The van der Waals surface area contributed by atoms with E-state index in [9.17, 15) is 14.3 Å². The molecule has 0 aliphatic rings. The molecular formula is C49H90NO7P. The van der Waals surface area contributed by atoms with Crippen molar-refractivity contribution >= 4 is 13.8 Å². The molecule has 0 fully saturated rings. The molecule has 8 nitrogen and oxygen atoms in total. The Bertz CT molecular complexity index is 1070. The molecule has 0 heterocycles. The Morgan fingerprint density at radius 3 is 1.45 bits per heavy atom. The van der Waals surface area contributed by atoms with E-state index in [-0.39, 0.29) is 32.3 Å². The minimum absolute atomic E-state index is 0.0977. The standard InChI is InChI=1S/C49H90NO7P/c1-3-5-7-9-11-13-15-17-19-20-21-22-23-24-25-26-27-29-31-33-35-37-39-41-44-54-46-48(47-56-58(52,53)55-45-43-50)57-49(51)42-40-38-36-34-32-30-28-18-16-14-12-10-8-6-4-2/h5,7,11,13,17,19,21-22,24-25,48H,3-4,6,8-10,12,14-16,18,20,23,26-47,50H2,1-2H3,(H,52,53)/b7-5-,13-11-,19-17-,22-21-,25-24-. The SMILES string of the molecule is CC/C=C\C/C=C\C/C=C\C/C=C\C/C=C\CCCCCCCCCCOCC(COP(=O)(O)OCCN)OC(=O)CCCCCCCCCCCCCCCCC. The first kappa shape index (κ1) is 56.2. The number of rotatable bonds is 45. The van der Waals surface area contributed by atoms with Crippen LogP contribution in [0.25, 0.3) is 0 Å². The predicted molar refractivity (Wildman–Crippen MR) is 247 cm³/mol. The molecule has 0 amide bonds. The fraction of sp³-hybridized carbons (Fsp3) is 0.776. The van der Waals surface area contributed by atoms with E-state index in [1.54, 1.807) is 0 Å². The van der Waals surface area contributed by atoms with Crippen LogP contribution in [-0.4, -0.2) is 49.9 Å². The third-order valence-electron chi connectivity index (χ3n) is 9.95. The summed E-state index contributed by atoms with van der Waals surface area (Å²) in [5.74, 6) is -0.333. The van der Waals surface area contributed by atoms with Crippen molar-refractivity contribution in [1.82, 2.24) is 0 Å². The van der Waals surface area contributed by atoms with Gasteiger partial charge in [-0.3, -0.25) is 13.8 Å². The van der Waals surface area contributed by atoms with E-state index in [1.807, 2.05) is 0 Å². The first-order chi connectivity index (χ1) is 28.4. The van der Waals surface area contributed by atoms with Crippen LogP contribution in [0.5, 0.6) is 0 Å². The van der Waals surface area contributed by atoms with Gasteiger partial charge in [-0.1, -0.05) is 203 Å². The van der Waals surface area contributed by atoms with E-state index in [0.29, 0.717) is 13.0 Å². The minimum Gasteiger partial charge on any atom is -0.457 e. The molecule has 0 saturated carbocycles. The van der Waals surface area contributed by atoms with E-state index in [4.69, 9.17) is 24.3 Å². The number of carbonyl (C=O) groups excluding carboxylic acids is 1. The zero-order chi connectivity index (χ0) is 42.3. The van der Waals surface area contributed by atoms with E-state index < -0.39 is 13.9 Å². The van der Waals surface area contributed by atoms with Crippen molar-refractivity contribution in [2.45, 2.75) is 213 Å². The molecule has 58 heavy (non-hydrogen) atoms. The second-order valence-electron chi connectivity index (χ2n) is 15.6. The highest BCUT2D eigenvalue weighted by Gasteiger charge is 2.25. The molecule has 0 spiro atoms. The van der Waals surface area contributed by atoms with Gasteiger partial charge < -0.3 is 20.1 Å². The van der Waals surface area contributed by atoms with Gasteiger partial charge in [0.2, 0.25) is 0 Å². The van der Waals surface area contributed by atoms with Crippen LogP contribution in [-0.2, 0) is 27.9 Å². The average molecular weight is 836 g/mol. The molecule has 0 aliphatic carbocycles. The summed E-state index contributed by atoms with van der Waals surface area (Å²) >= 11 is 0. The maximum atomic E-state index is 12.6. The zero-order valence-corrected chi connectivity index (χ0v) is 38.4. The molecule has 0 rings (SSSR count). The summed E-state index contributed by atoms with van der Waals surface area (Å²) in [5, 5.41) is 0. The number of ether oxygens (including phenoxy) is 2. The van der Waals surface area contributed by atoms with Crippen LogP contribution in [0.2, 0.25) is 0 Å². The Balaban J connectivity index is 3.98. The highest BCUT2D eigenvalue weighted by Crippen LogP contribution is 2.43. The highest BCUT2D eigenvalue weighted by molar-refractivity contribution is 7.47. The van der Waals surface area contributed by atoms with E-state index in [1.165, 1.54) is 116 Å². The molecule has 9 heteroatoms. The Hall–Kier alpha value is -1.80. The molecule has 0 saturated heterocycles. The Labute approximate surface area is 357 Å². The molecule has 0 radical (unpaired) electrons. The van der Waals surface area contributed by atoms with Crippen LogP contribution in [0.15, 0.2) is 60.8 Å². The van der Waals surface area contributed by atoms with Gasteiger partial charge in [0.15, 0.2) is 0 Å². The van der Waals surface area contributed by atoms with Crippen molar-refractivity contribution in [3.05, 3.63) is 60.8 Å². The van der Waals surface area contributed by atoms with Crippen molar-refractivity contribution in [3.63, 3.8) is 0 Å². The smallest absolute Gasteiger partial charge is 0.457 e. The van der Waals surface area contributed by atoms with Gasteiger partial charge in [0, 0.05) is 19.6 Å². The number of phosphoric ester groups is 1. The monoisotopic (exact) mass is 836 g/mol. The van der Waals surface area contributed by atoms with Crippen molar-refractivity contribution in [2.75, 3.05) is 33.0 Å². The zero-order valence-electron chi connectivity index (χ0n) is 37.5. The molecule has 2 atom stereocenters. The summed E-state index contributed by atoms with van der Waals surface area (Å²) in [5.41, 5.74) is 5.38. The van der Waals surface area contributed by atoms with Gasteiger partial charge in [-0.2, -0.15) is 0 Å². The van der Waals surface area contributed by atoms with Crippen molar-refractivity contribution in [2.24, 2.45) is 5.73 Å². The lowest BCUT2D eigenvalue weighted by molar-refractivity contribution is -0.154. The molecular weight excluding hydrogens is 746 g/mol. The number of carbonyl (C=O) groups is 1. The molecule has 0 aromatic heterocycles. The third-order valence-corrected chi connectivity index (χ3v) is 10.9. The first-order valence-electron chi connectivity index (χ1n) is 23.8. The lowest BCUT2D eigenvalue weighted by Crippen LogP contribution is -2.28. The van der Waals surface area contributed by atoms with Gasteiger partial charge in [-0.05, 0) is 57.8 Å². The largest absolute Gasteiger partial charge is 0.472 e. The summed E-state index contributed by atoms with van der Waals surface area (Å²) in [4.78, 5) is 22.5. The number of nitrogens with two attached hydrogens (primary N) is 1. The molecule has 0 bridgehead atoms. The van der Waals surface area contributed by atoms with E-state index in [0.717, 1.165) is 70.6 Å². The predicted octanol–water partition coefficient (Wildman–Crippen LogP) is 14.5. The Morgan fingerprint density at radius 2 is 0.966 bits per heavy atom. The van der Waals surface area contributed by atoms with Gasteiger partial charge in [-0.25, -0.2) is 4.57 Å². The maximum Gasteiger partial charge on any atom is 0.472 e. The van der Waals surface area contributed by atoms with E-state index >= 15 is 0 Å². The number of unbranched alkanes of at least 4 members (excludes halogenated alkanes) is 22. The fourth-order valence-electron chi connectivity index (χ4n) is 6.49. The van der Waals surface area contributed by atoms with Crippen molar-refractivity contribution in [3.8, 4) is 0 Å². The van der Waals surface area contributed by atoms with Crippen molar-refractivity contribution in [1.29, 1.82) is 0 Å². The molecule has 338 valence electrons. The fourth-order valence-corrected chi connectivity index (χ4v) is 7.26. The summed E-state index contributed by atoms with van der Waals surface area (Å²) in [6.07, 6.45) is 56.7. The molecule has 0 aromatic rings.